The topological polar surface area (TPSA) is 94.1 Å². The summed E-state index contributed by atoms with van der Waals surface area (Å²) in [4.78, 5) is 13.9. The summed E-state index contributed by atoms with van der Waals surface area (Å²) in [5.74, 6) is -0.127. The zero-order chi connectivity index (χ0) is 10.8. The Kier molecular flexibility index (Phi) is 2.51. The lowest BCUT2D eigenvalue weighted by atomic mass is 9.87. The van der Waals surface area contributed by atoms with Gasteiger partial charge >= 0.3 is 5.82 Å². The SMILES string of the molecule is NC1CC(Nc2cccnc2[N+](=O)[O-])C1. The van der Waals surface area contributed by atoms with Gasteiger partial charge in [0.1, 0.15) is 11.9 Å². The summed E-state index contributed by atoms with van der Waals surface area (Å²) in [5.41, 5.74) is 6.10. The van der Waals surface area contributed by atoms with E-state index in [4.69, 9.17) is 5.73 Å². The van der Waals surface area contributed by atoms with Crippen molar-refractivity contribution in [2.24, 2.45) is 5.73 Å². The third-order valence-electron chi connectivity index (χ3n) is 2.49. The minimum absolute atomic E-state index is 0.127. The molecular formula is C9H12N4O2. The Balaban J connectivity index is 2.10. The Hall–Kier alpha value is -1.69. The molecule has 0 bridgehead atoms. The van der Waals surface area contributed by atoms with Crippen molar-refractivity contribution in [1.82, 2.24) is 4.98 Å². The maximum atomic E-state index is 10.7. The van der Waals surface area contributed by atoms with E-state index < -0.39 is 4.92 Å². The first kappa shape index (κ1) is 9.85. The molecule has 0 spiro atoms. The van der Waals surface area contributed by atoms with Crippen molar-refractivity contribution in [3.63, 3.8) is 0 Å². The van der Waals surface area contributed by atoms with Crippen LogP contribution in [-0.4, -0.2) is 22.0 Å². The molecule has 1 aromatic rings. The molecular weight excluding hydrogens is 196 g/mol. The zero-order valence-corrected chi connectivity index (χ0v) is 8.09. The molecule has 0 radical (unpaired) electrons. The third kappa shape index (κ3) is 2.04. The molecule has 1 heterocycles. The fraction of sp³-hybridized carbons (Fsp3) is 0.444. The number of rotatable bonds is 3. The van der Waals surface area contributed by atoms with Gasteiger partial charge in [-0.25, -0.2) is 0 Å². The maximum absolute atomic E-state index is 10.7. The number of nitrogens with one attached hydrogen (secondary N) is 1. The molecule has 2 rings (SSSR count). The second-order valence-corrected chi connectivity index (χ2v) is 3.70. The Bertz CT molecular complexity index is 376. The van der Waals surface area contributed by atoms with E-state index in [2.05, 4.69) is 10.3 Å². The van der Waals surface area contributed by atoms with E-state index in [0.29, 0.717) is 5.69 Å². The van der Waals surface area contributed by atoms with Gasteiger partial charge in [-0.3, -0.25) is 0 Å². The summed E-state index contributed by atoms with van der Waals surface area (Å²) in [7, 11) is 0. The highest BCUT2D eigenvalue weighted by Gasteiger charge is 2.27. The van der Waals surface area contributed by atoms with Crippen LogP contribution in [0.2, 0.25) is 0 Å². The average Bonchev–Trinajstić information content (AvgIpc) is 2.16. The smallest absolute Gasteiger partial charge is 0.375 e. The summed E-state index contributed by atoms with van der Waals surface area (Å²) in [6.07, 6.45) is 3.12. The second kappa shape index (κ2) is 3.82. The predicted octanol–water partition coefficient (Wildman–Crippen LogP) is 0.891. The monoisotopic (exact) mass is 208 g/mol. The molecule has 0 amide bonds. The molecule has 1 aliphatic rings. The van der Waals surface area contributed by atoms with Crippen molar-refractivity contribution in [3.8, 4) is 0 Å². The van der Waals surface area contributed by atoms with Crippen LogP contribution in [0.25, 0.3) is 0 Å². The normalized spacial score (nSPS) is 24.3. The molecule has 0 atom stereocenters. The van der Waals surface area contributed by atoms with Crippen LogP contribution in [0, 0.1) is 10.1 Å². The highest BCUT2D eigenvalue weighted by Crippen LogP contribution is 2.27. The van der Waals surface area contributed by atoms with Crippen molar-refractivity contribution >= 4 is 11.5 Å². The summed E-state index contributed by atoms with van der Waals surface area (Å²) in [6.45, 7) is 0. The molecule has 6 nitrogen and oxygen atoms in total. The lowest BCUT2D eigenvalue weighted by molar-refractivity contribution is -0.388. The number of nitrogens with zero attached hydrogens (tertiary/aromatic N) is 2. The number of hydrogen-bond acceptors (Lipinski definition) is 5. The minimum Gasteiger partial charge on any atom is -0.375 e. The van der Waals surface area contributed by atoms with Gasteiger partial charge < -0.3 is 21.2 Å². The van der Waals surface area contributed by atoms with Gasteiger partial charge in [0, 0.05) is 12.1 Å². The van der Waals surface area contributed by atoms with Gasteiger partial charge in [0.05, 0.1) is 0 Å². The van der Waals surface area contributed by atoms with Crippen molar-refractivity contribution in [1.29, 1.82) is 0 Å². The molecule has 1 aliphatic carbocycles. The van der Waals surface area contributed by atoms with Crippen LogP contribution >= 0.6 is 0 Å². The Morgan fingerprint density at radius 1 is 1.60 bits per heavy atom. The molecule has 0 unspecified atom stereocenters. The lowest BCUT2D eigenvalue weighted by Gasteiger charge is -2.33. The fourth-order valence-electron chi connectivity index (χ4n) is 1.65. The first-order valence-corrected chi connectivity index (χ1v) is 4.78. The molecule has 1 fully saturated rings. The van der Waals surface area contributed by atoms with Gasteiger partial charge in [0.25, 0.3) is 0 Å². The van der Waals surface area contributed by atoms with Gasteiger partial charge in [-0.1, -0.05) is 0 Å². The van der Waals surface area contributed by atoms with Crippen LogP contribution in [0.1, 0.15) is 12.8 Å². The first-order chi connectivity index (χ1) is 7.16. The Morgan fingerprint density at radius 2 is 2.33 bits per heavy atom. The molecule has 3 N–H and O–H groups in total. The highest BCUT2D eigenvalue weighted by molar-refractivity contribution is 5.57. The zero-order valence-electron chi connectivity index (χ0n) is 8.09. The van der Waals surface area contributed by atoms with Gasteiger partial charge in [-0.15, -0.1) is 0 Å². The summed E-state index contributed by atoms with van der Waals surface area (Å²) in [6, 6.07) is 3.80. The standard InChI is InChI=1S/C9H12N4O2/c10-6-4-7(5-6)12-8-2-1-3-11-9(8)13(14)15/h1-3,6-7,12H,4-5,10H2. The Morgan fingerprint density at radius 3 is 2.93 bits per heavy atom. The molecule has 6 heteroatoms. The largest absolute Gasteiger partial charge is 0.386 e. The van der Waals surface area contributed by atoms with Crippen LogP contribution in [0.15, 0.2) is 18.3 Å². The summed E-state index contributed by atoms with van der Waals surface area (Å²) in [5, 5.41) is 13.7. The molecule has 15 heavy (non-hydrogen) atoms. The number of nitro groups is 1. The lowest BCUT2D eigenvalue weighted by Crippen LogP contribution is -2.44. The van der Waals surface area contributed by atoms with Crippen LogP contribution in [0.3, 0.4) is 0 Å². The number of aromatic nitrogens is 1. The molecule has 1 saturated carbocycles. The summed E-state index contributed by atoms with van der Waals surface area (Å²) >= 11 is 0. The van der Waals surface area contributed by atoms with Crippen molar-refractivity contribution in [2.45, 2.75) is 24.9 Å². The van der Waals surface area contributed by atoms with Gasteiger partial charge in [-0.2, -0.15) is 0 Å². The minimum atomic E-state index is -0.485. The van der Waals surface area contributed by atoms with E-state index >= 15 is 0 Å². The predicted molar refractivity (Wildman–Crippen MR) is 55.5 cm³/mol. The van der Waals surface area contributed by atoms with E-state index in [9.17, 15) is 10.1 Å². The van der Waals surface area contributed by atoms with Crippen molar-refractivity contribution < 1.29 is 4.92 Å². The van der Waals surface area contributed by atoms with Crippen LogP contribution in [0.5, 0.6) is 0 Å². The van der Waals surface area contributed by atoms with Crippen molar-refractivity contribution in [2.75, 3.05) is 5.32 Å². The number of anilines is 1. The molecule has 0 saturated heterocycles. The van der Waals surface area contributed by atoms with E-state index in [0.717, 1.165) is 12.8 Å². The maximum Gasteiger partial charge on any atom is 0.386 e. The quantitative estimate of drug-likeness (QED) is 0.568. The Labute approximate surface area is 86.6 Å². The highest BCUT2D eigenvalue weighted by atomic mass is 16.6. The van der Waals surface area contributed by atoms with Crippen molar-refractivity contribution in [3.05, 3.63) is 28.4 Å². The van der Waals surface area contributed by atoms with Crippen LogP contribution < -0.4 is 11.1 Å². The van der Waals surface area contributed by atoms with Gasteiger partial charge in [0.2, 0.25) is 0 Å². The molecule has 0 aliphatic heterocycles. The van der Waals surface area contributed by atoms with Gasteiger partial charge in [0.15, 0.2) is 0 Å². The van der Waals surface area contributed by atoms with E-state index in [-0.39, 0.29) is 17.9 Å². The van der Waals surface area contributed by atoms with E-state index in [1.165, 1.54) is 6.20 Å². The molecule has 1 aromatic heterocycles. The second-order valence-electron chi connectivity index (χ2n) is 3.70. The average molecular weight is 208 g/mol. The van der Waals surface area contributed by atoms with Crippen LogP contribution in [0.4, 0.5) is 11.5 Å². The first-order valence-electron chi connectivity index (χ1n) is 4.78. The molecule has 0 aromatic carbocycles. The third-order valence-corrected chi connectivity index (χ3v) is 2.49. The number of pyridine rings is 1. The molecule has 80 valence electrons. The summed E-state index contributed by atoms with van der Waals surface area (Å²) < 4.78 is 0. The fourth-order valence-corrected chi connectivity index (χ4v) is 1.65. The van der Waals surface area contributed by atoms with Crippen LogP contribution in [-0.2, 0) is 0 Å². The number of hydrogen-bond donors (Lipinski definition) is 2. The van der Waals surface area contributed by atoms with E-state index in [1.807, 2.05) is 0 Å². The van der Waals surface area contributed by atoms with E-state index in [1.54, 1.807) is 12.1 Å². The number of nitrogens with two attached hydrogens (primary N) is 1. The van der Waals surface area contributed by atoms with Gasteiger partial charge in [-0.05, 0) is 34.9 Å².